The zero-order valence-corrected chi connectivity index (χ0v) is 10.3. The molecule has 0 aliphatic heterocycles. The van der Waals surface area contributed by atoms with Crippen molar-refractivity contribution in [2.45, 2.75) is 33.2 Å². The van der Waals surface area contributed by atoms with Gasteiger partial charge in [0.1, 0.15) is 5.01 Å². The van der Waals surface area contributed by atoms with Crippen LogP contribution in [0.15, 0.2) is 11.6 Å². The first kappa shape index (κ1) is 12.2. The molecule has 0 saturated carbocycles. The van der Waals surface area contributed by atoms with Gasteiger partial charge in [-0.2, -0.15) is 5.26 Å². The van der Waals surface area contributed by atoms with E-state index in [-0.39, 0.29) is 11.5 Å². The largest absolute Gasteiger partial charge is 0.308 e. The van der Waals surface area contributed by atoms with Gasteiger partial charge >= 0.3 is 0 Å². The van der Waals surface area contributed by atoms with Crippen LogP contribution < -0.4 is 5.32 Å². The second kappa shape index (κ2) is 5.24. The van der Waals surface area contributed by atoms with E-state index < -0.39 is 0 Å². The molecule has 3 nitrogen and oxygen atoms in total. The molecule has 15 heavy (non-hydrogen) atoms. The molecule has 1 atom stereocenters. The van der Waals surface area contributed by atoms with Gasteiger partial charge in [-0.25, -0.2) is 4.98 Å². The Bertz CT molecular complexity index is 324. The van der Waals surface area contributed by atoms with Crippen LogP contribution in [-0.2, 0) is 0 Å². The first-order valence-electron chi connectivity index (χ1n) is 5.09. The maximum atomic E-state index is 8.86. The van der Waals surface area contributed by atoms with Crippen molar-refractivity contribution < 1.29 is 0 Å². The Morgan fingerprint density at radius 2 is 2.40 bits per heavy atom. The summed E-state index contributed by atoms with van der Waals surface area (Å²) in [5, 5.41) is 15.3. The zero-order chi connectivity index (χ0) is 11.3. The highest BCUT2D eigenvalue weighted by Crippen LogP contribution is 2.19. The van der Waals surface area contributed by atoms with Gasteiger partial charge < -0.3 is 5.32 Å². The number of hydrogen-bond acceptors (Lipinski definition) is 4. The standard InChI is InChI=1S/C11H17N3S/c1-9(10-14-6-7-15-10)13-5-4-11(2,3)8-12/h6-7,9,13H,4-5H2,1-3H3. The van der Waals surface area contributed by atoms with Gasteiger partial charge in [-0.3, -0.25) is 0 Å². The molecule has 1 N–H and O–H groups in total. The van der Waals surface area contributed by atoms with Crippen molar-refractivity contribution in [2.75, 3.05) is 6.54 Å². The molecule has 1 rings (SSSR count). The van der Waals surface area contributed by atoms with Crippen LogP contribution in [0, 0.1) is 16.7 Å². The Balaban J connectivity index is 2.30. The van der Waals surface area contributed by atoms with Gasteiger partial charge in [0.2, 0.25) is 0 Å². The van der Waals surface area contributed by atoms with E-state index >= 15 is 0 Å². The van der Waals surface area contributed by atoms with Crippen LogP contribution in [0.2, 0.25) is 0 Å². The first-order chi connectivity index (χ1) is 7.05. The molecule has 4 heteroatoms. The summed E-state index contributed by atoms with van der Waals surface area (Å²) in [7, 11) is 0. The lowest BCUT2D eigenvalue weighted by molar-refractivity contribution is 0.416. The topological polar surface area (TPSA) is 48.7 Å². The van der Waals surface area contributed by atoms with Gasteiger partial charge in [-0.05, 0) is 33.7 Å². The van der Waals surface area contributed by atoms with Gasteiger partial charge in [0, 0.05) is 11.6 Å². The van der Waals surface area contributed by atoms with Crippen LogP contribution >= 0.6 is 11.3 Å². The Hall–Kier alpha value is -0.920. The summed E-state index contributed by atoms with van der Waals surface area (Å²) in [5.41, 5.74) is -0.240. The van der Waals surface area contributed by atoms with Crippen molar-refractivity contribution >= 4 is 11.3 Å². The van der Waals surface area contributed by atoms with Gasteiger partial charge in [0.25, 0.3) is 0 Å². The van der Waals surface area contributed by atoms with E-state index in [0.29, 0.717) is 0 Å². The SMILES string of the molecule is CC(NCCC(C)(C)C#N)c1nccs1. The Kier molecular flexibility index (Phi) is 4.25. The molecule has 0 bridgehead atoms. The zero-order valence-electron chi connectivity index (χ0n) is 9.45. The fourth-order valence-corrected chi connectivity index (χ4v) is 1.86. The molecule has 0 amide bonds. The average molecular weight is 223 g/mol. The second-order valence-electron chi connectivity index (χ2n) is 4.29. The molecule has 1 heterocycles. The molecule has 0 aliphatic rings. The molecule has 1 aromatic heterocycles. The van der Waals surface area contributed by atoms with Crippen LogP contribution in [-0.4, -0.2) is 11.5 Å². The van der Waals surface area contributed by atoms with E-state index in [1.807, 2.05) is 25.4 Å². The van der Waals surface area contributed by atoms with Crippen LogP contribution in [0.1, 0.15) is 38.2 Å². The van der Waals surface area contributed by atoms with Gasteiger partial charge in [0.05, 0.1) is 17.5 Å². The van der Waals surface area contributed by atoms with Crippen molar-refractivity contribution in [2.24, 2.45) is 5.41 Å². The summed E-state index contributed by atoms with van der Waals surface area (Å²) in [6, 6.07) is 2.57. The number of nitriles is 1. The number of nitrogens with one attached hydrogen (secondary N) is 1. The van der Waals surface area contributed by atoms with Crippen molar-refractivity contribution in [3.05, 3.63) is 16.6 Å². The molecule has 0 aliphatic carbocycles. The van der Waals surface area contributed by atoms with E-state index in [9.17, 15) is 0 Å². The third-order valence-corrected chi connectivity index (χ3v) is 3.28. The van der Waals surface area contributed by atoms with Gasteiger partial charge in [-0.15, -0.1) is 11.3 Å². The summed E-state index contributed by atoms with van der Waals surface area (Å²) in [4.78, 5) is 4.24. The van der Waals surface area contributed by atoms with Crippen LogP contribution in [0.25, 0.3) is 0 Å². The number of nitrogens with zero attached hydrogens (tertiary/aromatic N) is 2. The van der Waals surface area contributed by atoms with Gasteiger partial charge in [-0.1, -0.05) is 0 Å². The molecular weight excluding hydrogens is 206 g/mol. The summed E-state index contributed by atoms with van der Waals surface area (Å²) >= 11 is 1.66. The fourth-order valence-electron chi connectivity index (χ4n) is 1.19. The minimum Gasteiger partial charge on any atom is -0.308 e. The van der Waals surface area contributed by atoms with Crippen molar-refractivity contribution in [3.63, 3.8) is 0 Å². The third kappa shape index (κ3) is 3.98. The fraction of sp³-hybridized carbons (Fsp3) is 0.636. The van der Waals surface area contributed by atoms with E-state index in [2.05, 4.69) is 23.3 Å². The smallest absolute Gasteiger partial charge is 0.109 e. The summed E-state index contributed by atoms with van der Waals surface area (Å²) in [5.74, 6) is 0. The maximum Gasteiger partial charge on any atom is 0.109 e. The molecule has 1 aromatic rings. The highest BCUT2D eigenvalue weighted by molar-refractivity contribution is 7.09. The van der Waals surface area contributed by atoms with E-state index in [1.54, 1.807) is 11.3 Å². The summed E-state index contributed by atoms with van der Waals surface area (Å²) in [6.07, 6.45) is 2.68. The summed E-state index contributed by atoms with van der Waals surface area (Å²) in [6.45, 7) is 6.87. The number of hydrogen-bond donors (Lipinski definition) is 1. The lowest BCUT2D eigenvalue weighted by Crippen LogP contribution is -2.24. The quantitative estimate of drug-likeness (QED) is 0.835. The Labute approximate surface area is 95.2 Å². The number of rotatable bonds is 5. The summed E-state index contributed by atoms with van der Waals surface area (Å²) < 4.78 is 0. The molecular formula is C11H17N3S. The van der Waals surface area contributed by atoms with Crippen LogP contribution in [0.5, 0.6) is 0 Å². The normalized spacial score (nSPS) is 13.5. The maximum absolute atomic E-state index is 8.86. The second-order valence-corrected chi connectivity index (χ2v) is 5.22. The highest BCUT2D eigenvalue weighted by Gasteiger charge is 2.16. The van der Waals surface area contributed by atoms with E-state index in [1.165, 1.54) is 0 Å². The van der Waals surface area contributed by atoms with Gasteiger partial charge in [0.15, 0.2) is 0 Å². The lowest BCUT2D eigenvalue weighted by atomic mass is 9.91. The average Bonchev–Trinajstić information content (AvgIpc) is 2.70. The van der Waals surface area contributed by atoms with E-state index in [4.69, 9.17) is 5.26 Å². The molecule has 82 valence electrons. The number of aromatic nitrogens is 1. The number of thiazole rings is 1. The third-order valence-electron chi connectivity index (χ3n) is 2.33. The molecule has 0 radical (unpaired) electrons. The van der Waals surface area contributed by atoms with Crippen LogP contribution in [0.4, 0.5) is 0 Å². The first-order valence-corrected chi connectivity index (χ1v) is 5.97. The monoisotopic (exact) mass is 223 g/mol. The molecule has 0 aromatic carbocycles. The minimum absolute atomic E-state index is 0.240. The Morgan fingerprint density at radius 1 is 1.67 bits per heavy atom. The predicted molar refractivity (Wildman–Crippen MR) is 62.5 cm³/mol. The molecule has 0 spiro atoms. The molecule has 0 saturated heterocycles. The lowest BCUT2D eigenvalue weighted by Gasteiger charge is -2.17. The minimum atomic E-state index is -0.240. The van der Waals surface area contributed by atoms with Crippen molar-refractivity contribution in [3.8, 4) is 6.07 Å². The highest BCUT2D eigenvalue weighted by atomic mass is 32.1. The molecule has 1 unspecified atom stereocenters. The van der Waals surface area contributed by atoms with E-state index in [0.717, 1.165) is 18.0 Å². The van der Waals surface area contributed by atoms with Crippen molar-refractivity contribution in [1.82, 2.24) is 10.3 Å². The van der Waals surface area contributed by atoms with Crippen molar-refractivity contribution in [1.29, 1.82) is 5.26 Å². The predicted octanol–water partition coefficient (Wildman–Crippen LogP) is 2.73. The van der Waals surface area contributed by atoms with Crippen LogP contribution in [0.3, 0.4) is 0 Å². The Morgan fingerprint density at radius 3 is 2.93 bits per heavy atom. The molecule has 0 fully saturated rings.